The van der Waals surface area contributed by atoms with E-state index in [0.29, 0.717) is 12.0 Å². The maximum atomic E-state index is 9.94. The van der Waals surface area contributed by atoms with Gasteiger partial charge in [0.15, 0.2) is 0 Å². The van der Waals surface area contributed by atoms with Gasteiger partial charge < -0.3 is 10.4 Å². The predicted octanol–water partition coefficient (Wildman–Crippen LogP) is 4.61. The van der Waals surface area contributed by atoms with E-state index >= 15 is 0 Å². The summed E-state index contributed by atoms with van der Waals surface area (Å²) in [7, 11) is 0. The van der Waals surface area contributed by atoms with Gasteiger partial charge in [0.2, 0.25) is 0 Å². The van der Waals surface area contributed by atoms with Crippen molar-refractivity contribution < 1.29 is 5.11 Å². The van der Waals surface area contributed by atoms with E-state index in [4.69, 9.17) is 0 Å². The van der Waals surface area contributed by atoms with E-state index in [1.807, 2.05) is 25.1 Å². The van der Waals surface area contributed by atoms with E-state index in [9.17, 15) is 5.11 Å². The molecule has 2 heteroatoms. The molecule has 2 nitrogen and oxygen atoms in total. The van der Waals surface area contributed by atoms with Crippen LogP contribution < -0.4 is 5.32 Å². The van der Waals surface area contributed by atoms with E-state index in [-0.39, 0.29) is 0 Å². The van der Waals surface area contributed by atoms with Gasteiger partial charge >= 0.3 is 0 Å². The summed E-state index contributed by atoms with van der Waals surface area (Å²) in [5.74, 6) is 0.703. The summed E-state index contributed by atoms with van der Waals surface area (Å²) >= 11 is 0. The van der Waals surface area contributed by atoms with Crippen molar-refractivity contribution in [3.63, 3.8) is 0 Å². The highest BCUT2D eigenvalue weighted by atomic mass is 16.3. The fourth-order valence-corrected chi connectivity index (χ4v) is 2.84. The molecule has 1 aliphatic rings. The highest BCUT2D eigenvalue weighted by Gasteiger charge is 2.32. The van der Waals surface area contributed by atoms with Crippen LogP contribution in [0.15, 0.2) is 48.5 Å². The van der Waals surface area contributed by atoms with Crippen molar-refractivity contribution in [1.29, 1.82) is 0 Å². The molecule has 0 spiro atoms. The molecule has 0 bridgehead atoms. The number of aliphatic hydroxyl groups is 1. The number of benzene rings is 2. The van der Waals surface area contributed by atoms with E-state index in [1.54, 1.807) is 0 Å². The van der Waals surface area contributed by atoms with Crippen LogP contribution in [0.4, 0.5) is 5.69 Å². The van der Waals surface area contributed by atoms with Crippen LogP contribution in [-0.2, 0) is 0 Å². The standard InChI is InChI=1S/C19H23NO/c1-13-7-9-15(10-8-13)19(16-11-12-16)20-18-6-4-3-5-17(18)14(2)21/h3-10,14,16,19-21H,11-12H2,1-2H3. The van der Waals surface area contributed by atoms with Crippen molar-refractivity contribution in [2.24, 2.45) is 5.92 Å². The number of aliphatic hydroxyl groups excluding tert-OH is 1. The molecular formula is C19H23NO. The lowest BCUT2D eigenvalue weighted by molar-refractivity contribution is 0.200. The minimum absolute atomic E-state index is 0.338. The van der Waals surface area contributed by atoms with E-state index in [0.717, 1.165) is 11.3 Å². The Hall–Kier alpha value is -1.80. The summed E-state index contributed by atoms with van der Waals surface area (Å²) in [6.07, 6.45) is 2.11. The topological polar surface area (TPSA) is 32.3 Å². The predicted molar refractivity (Wildman–Crippen MR) is 87.3 cm³/mol. The van der Waals surface area contributed by atoms with Gasteiger partial charge in [0, 0.05) is 11.3 Å². The van der Waals surface area contributed by atoms with Gasteiger partial charge in [0.05, 0.1) is 12.1 Å². The number of anilines is 1. The third-order valence-electron chi connectivity index (χ3n) is 4.25. The van der Waals surface area contributed by atoms with Crippen molar-refractivity contribution in [3.8, 4) is 0 Å². The highest BCUT2D eigenvalue weighted by Crippen LogP contribution is 2.43. The van der Waals surface area contributed by atoms with Crippen LogP contribution in [0.3, 0.4) is 0 Å². The third-order valence-corrected chi connectivity index (χ3v) is 4.25. The highest BCUT2D eigenvalue weighted by molar-refractivity contribution is 5.54. The number of hydrogen-bond donors (Lipinski definition) is 2. The number of rotatable bonds is 5. The molecule has 110 valence electrons. The summed E-state index contributed by atoms with van der Waals surface area (Å²) in [6, 6.07) is 17.2. The van der Waals surface area contributed by atoms with Crippen LogP contribution in [-0.4, -0.2) is 5.11 Å². The average Bonchev–Trinajstić information content (AvgIpc) is 3.31. The Kier molecular flexibility index (Phi) is 3.98. The average molecular weight is 281 g/mol. The monoisotopic (exact) mass is 281 g/mol. The van der Waals surface area contributed by atoms with Crippen molar-refractivity contribution in [2.45, 2.75) is 38.8 Å². The Bertz CT molecular complexity index is 599. The quantitative estimate of drug-likeness (QED) is 0.838. The first kappa shape index (κ1) is 14.2. The third kappa shape index (κ3) is 3.27. The molecular weight excluding hydrogens is 258 g/mol. The van der Waals surface area contributed by atoms with Crippen molar-refractivity contribution in [3.05, 3.63) is 65.2 Å². The molecule has 0 aliphatic heterocycles. The summed E-state index contributed by atoms with van der Waals surface area (Å²) in [5.41, 5.74) is 4.64. The van der Waals surface area contributed by atoms with Gasteiger partial charge in [-0.05, 0) is 44.2 Å². The Morgan fingerprint density at radius 1 is 1.05 bits per heavy atom. The van der Waals surface area contributed by atoms with Gasteiger partial charge in [-0.1, -0.05) is 48.0 Å². The molecule has 0 amide bonds. The Morgan fingerprint density at radius 2 is 1.71 bits per heavy atom. The number of para-hydroxylation sites is 1. The maximum absolute atomic E-state index is 9.94. The first-order valence-corrected chi connectivity index (χ1v) is 7.75. The lowest BCUT2D eigenvalue weighted by atomic mass is 9.99. The Labute approximate surface area is 126 Å². The minimum Gasteiger partial charge on any atom is -0.389 e. The molecule has 1 fully saturated rings. The molecule has 1 saturated carbocycles. The van der Waals surface area contributed by atoms with Crippen molar-refractivity contribution in [2.75, 3.05) is 5.32 Å². The summed E-state index contributed by atoms with van der Waals surface area (Å²) in [5, 5.41) is 13.6. The van der Waals surface area contributed by atoms with E-state index < -0.39 is 6.10 Å². The lowest BCUT2D eigenvalue weighted by Gasteiger charge is -2.23. The molecule has 0 saturated heterocycles. The zero-order chi connectivity index (χ0) is 14.8. The zero-order valence-corrected chi connectivity index (χ0v) is 12.7. The van der Waals surface area contributed by atoms with E-state index in [2.05, 4.69) is 42.6 Å². The normalized spacial score (nSPS) is 17.3. The first-order chi connectivity index (χ1) is 10.1. The van der Waals surface area contributed by atoms with Crippen LogP contribution in [0.25, 0.3) is 0 Å². The molecule has 2 aromatic rings. The molecule has 0 heterocycles. The van der Waals surface area contributed by atoms with Gasteiger partial charge in [-0.2, -0.15) is 0 Å². The summed E-state index contributed by atoms with van der Waals surface area (Å²) in [4.78, 5) is 0. The molecule has 21 heavy (non-hydrogen) atoms. The number of nitrogens with one attached hydrogen (secondary N) is 1. The van der Waals surface area contributed by atoms with E-state index in [1.165, 1.54) is 24.0 Å². The van der Waals surface area contributed by atoms with Gasteiger partial charge in [0.25, 0.3) is 0 Å². The van der Waals surface area contributed by atoms with Crippen molar-refractivity contribution >= 4 is 5.69 Å². The zero-order valence-electron chi connectivity index (χ0n) is 12.7. The number of hydrogen-bond acceptors (Lipinski definition) is 2. The van der Waals surface area contributed by atoms with Crippen LogP contribution >= 0.6 is 0 Å². The van der Waals surface area contributed by atoms with Gasteiger partial charge in [0.1, 0.15) is 0 Å². The van der Waals surface area contributed by atoms with Crippen LogP contribution in [0.2, 0.25) is 0 Å². The van der Waals surface area contributed by atoms with Crippen molar-refractivity contribution in [1.82, 2.24) is 0 Å². The maximum Gasteiger partial charge on any atom is 0.0781 e. The van der Waals surface area contributed by atoms with Crippen LogP contribution in [0.1, 0.15) is 48.6 Å². The van der Waals surface area contributed by atoms with Gasteiger partial charge in [-0.3, -0.25) is 0 Å². The van der Waals surface area contributed by atoms with Crippen LogP contribution in [0.5, 0.6) is 0 Å². The second-order valence-corrected chi connectivity index (χ2v) is 6.13. The molecule has 2 N–H and O–H groups in total. The van der Waals surface area contributed by atoms with Crippen LogP contribution in [0, 0.1) is 12.8 Å². The smallest absolute Gasteiger partial charge is 0.0781 e. The molecule has 3 rings (SSSR count). The molecule has 1 aliphatic carbocycles. The molecule has 0 aromatic heterocycles. The summed E-state index contributed by atoms with van der Waals surface area (Å²) in [6.45, 7) is 3.94. The Balaban J connectivity index is 1.88. The Morgan fingerprint density at radius 3 is 2.33 bits per heavy atom. The number of aryl methyl sites for hydroxylation is 1. The van der Waals surface area contributed by atoms with Gasteiger partial charge in [-0.25, -0.2) is 0 Å². The first-order valence-electron chi connectivity index (χ1n) is 7.75. The molecule has 2 unspecified atom stereocenters. The SMILES string of the molecule is Cc1ccc(C(Nc2ccccc2C(C)O)C2CC2)cc1. The fraction of sp³-hybridized carbons (Fsp3) is 0.368. The molecule has 2 atom stereocenters. The fourth-order valence-electron chi connectivity index (χ4n) is 2.84. The lowest BCUT2D eigenvalue weighted by Crippen LogP contribution is -2.14. The molecule has 2 aromatic carbocycles. The second kappa shape index (κ2) is 5.90. The minimum atomic E-state index is -0.452. The second-order valence-electron chi connectivity index (χ2n) is 6.13. The molecule has 0 radical (unpaired) electrons. The summed E-state index contributed by atoms with van der Waals surface area (Å²) < 4.78 is 0. The largest absolute Gasteiger partial charge is 0.389 e. The van der Waals surface area contributed by atoms with Gasteiger partial charge in [-0.15, -0.1) is 0 Å².